The van der Waals surface area contributed by atoms with E-state index < -0.39 is 0 Å². The molecule has 0 N–H and O–H groups in total. The molecule has 0 aliphatic rings. The number of nitrogens with zero attached hydrogens (tertiary/aromatic N) is 2. The lowest BCUT2D eigenvalue weighted by Gasteiger charge is -2.08. The maximum Gasteiger partial charge on any atom is 0.264 e. The number of ether oxygens (including phenoxy) is 1. The Morgan fingerprint density at radius 3 is 2.75 bits per heavy atom. The van der Waals surface area contributed by atoms with Crippen LogP contribution >= 0.6 is 23.2 Å². The van der Waals surface area contributed by atoms with Gasteiger partial charge in [-0.3, -0.25) is 0 Å². The van der Waals surface area contributed by atoms with Crippen LogP contribution in [0.4, 0.5) is 0 Å². The molecule has 0 aliphatic heterocycles. The summed E-state index contributed by atoms with van der Waals surface area (Å²) in [4.78, 5) is 4.34. The number of rotatable bonds is 5. The van der Waals surface area contributed by atoms with E-state index in [0.29, 0.717) is 28.2 Å². The summed E-state index contributed by atoms with van der Waals surface area (Å²) >= 11 is 12.1. The first-order valence-corrected chi connectivity index (χ1v) is 8.23. The molecule has 3 rings (SSSR count). The van der Waals surface area contributed by atoms with Gasteiger partial charge in [0.15, 0.2) is 12.4 Å². The van der Waals surface area contributed by atoms with Gasteiger partial charge in [-0.15, -0.1) is 0 Å². The number of hydrogen-bond donors (Lipinski definition) is 0. The van der Waals surface area contributed by atoms with E-state index in [2.05, 4.69) is 10.1 Å². The van der Waals surface area contributed by atoms with Gasteiger partial charge in [0.25, 0.3) is 5.89 Å². The average Bonchev–Trinajstić information content (AvgIpc) is 2.99. The average molecular weight is 363 g/mol. The molecule has 124 valence electrons. The highest BCUT2D eigenvalue weighted by Gasteiger charge is 2.11. The number of benzene rings is 2. The van der Waals surface area contributed by atoms with Crippen molar-refractivity contribution in [1.82, 2.24) is 10.1 Å². The maximum atomic E-state index is 6.16. The normalized spacial score (nSPS) is 10.8. The molecule has 0 saturated heterocycles. The molecule has 4 nitrogen and oxygen atoms in total. The predicted molar refractivity (Wildman–Crippen MR) is 93.8 cm³/mol. The Morgan fingerprint density at radius 2 is 1.96 bits per heavy atom. The highest BCUT2D eigenvalue weighted by atomic mass is 35.5. The zero-order chi connectivity index (χ0) is 17.1. The van der Waals surface area contributed by atoms with Crippen LogP contribution in [0.1, 0.15) is 28.4 Å². The number of halogens is 2. The van der Waals surface area contributed by atoms with E-state index in [0.717, 1.165) is 16.9 Å². The third kappa shape index (κ3) is 3.89. The van der Waals surface area contributed by atoms with Crippen molar-refractivity contribution in [3.63, 3.8) is 0 Å². The maximum absolute atomic E-state index is 6.16. The third-order valence-electron chi connectivity index (χ3n) is 3.78. The van der Waals surface area contributed by atoms with Crippen molar-refractivity contribution in [2.75, 3.05) is 0 Å². The van der Waals surface area contributed by atoms with Gasteiger partial charge in [-0.25, -0.2) is 0 Å². The highest BCUT2D eigenvalue weighted by molar-refractivity contribution is 6.35. The van der Waals surface area contributed by atoms with Gasteiger partial charge in [0, 0.05) is 16.5 Å². The largest absolute Gasteiger partial charge is 0.483 e. The van der Waals surface area contributed by atoms with E-state index in [1.807, 2.05) is 38.1 Å². The lowest BCUT2D eigenvalue weighted by atomic mass is 10.1. The fourth-order valence-corrected chi connectivity index (χ4v) is 2.75. The molecule has 0 spiro atoms. The predicted octanol–water partition coefficient (Wildman–Crippen LogP) is 5.16. The van der Waals surface area contributed by atoms with Crippen molar-refractivity contribution in [2.24, 2.45) is 0 Å². The van der Waals surface area contributed by atoms with Crippen LogP contribution in [-0.2, 0) is 13.0 Å². The smallest absolute Gasteiger partial charge is 0.264 e. The summed E-state index contributed by atoms with van der Waals surface area (Å²) in [5, 5.41) is 5.15. The molecule has 0 amide bonds. The summed E-state index contributed by atoms with van der Waals surface area (Å²) in [5.74, 6) is 1.80. The zero-order valence-corrected chi connectivity index (χ0v) is 14.9. The lowest BCUT2D eigenvalue weighted by molar-refractivity contribution is 0.241. The monoisotopic (exact) mass is 362 g/mol. The van der Waals surface area contributed by atoms with Gasteiger partial charge in [-0.05, 0) is 48.7 Å². The Bertz CT molecular complexity index is 862. The van der Waals surface area contributed by atoms with Gasteiger partial charge in [-0.2, -0.15) is 4.98 Å². The number of hydrogen-bond acceptors (Lipinski definition) is 4. The van der Waals surface area contributed by atoms with Crippen molar-refractivity contribution in [2.45, 2.75) is 26.9 Å². The van der Waals surface area contributed by atoms with Gasteiger partial charge >= 0.3 is 0 Å². The molecular weight excluding hydrogens is 347 g/mol. The Labute approximate surface area is 150 Å². The van der Waals surface area contributed by atoms with Crippen molar-refractivity contribution < 1.29 is 9.26 Å². The molecule has 0 unspecified atom stereocenters. The SMILES string of the molecule is Cc1cccc(OCc2nc(Cc3ccc(Cl)cc3Cl)no2)c1C. The minimum absolute atomic E-state index is 0.228. The Kier molecular flexibility index (Phi) is 5.07. The van der Waals surface area contributed by atoms with Gasteiger partial charge in [0.1, 0.15) is 5.75 Å². The summed E-state index contributed by atoms with van der Waals surface area (Å²) < 4.78 is 11.0. The molecule has 24 heavy (non-hydrogen) atoms. The van der Waals surface area contributed by atoms with E-state index in [1.54, 1.807) is 12.1 Å². The molecule has 1 aromatic heterocycles. The summed E-state index contributed by atoms with van der Waals surface area (Å²) in [6, 6.07) is 11.3. The van der Waals surface area contributed by atoms with Gasteiger partial charge in [0.2, 0.25) is 0 Å². The molecule has 0 bridgehead atoms. The molecule has 2 aromatic carbocycles. The minimum Gasteiger partial charge on any atom is -0.483 e. The van der Waals surface area contributed by atoms with Crippen molar-refractivity contribution in [1.29, 1.82) is 0 Å². The molecule has 6 heteroatoms. The van der Waals surface area contributed by atoms with Crippen LogP contribution in [0.2, 0.25) is 10.0 Å². The topological polar surface area (TPSA) is 48.2 Å². The fourth-order valence-electron chi connectivity index (χ4n) is 2.28. The summed E-state index contributed by atoms with van der Waals surface area (Å²) in [7, 11) is 0. The lowest BCUT2D eigenvalue weighted by Crippen LogP contribution is -1.99. The van der Waals surface area contributed by atoms with Crippen molar-refractivity contribution in [3.05, 3.63) is 74.8 Å². The molecule has 3 aromatic rings. The molecule has 0 saturated carbocycles. The first kappa shape index (κ1) is 16.8. The zero-order valence-electron chi connectivity index (χ0n) is 13.3. The standard InChI is InChI=1S/C18H16Cl2N2O2/c1-11-4-3-5-16(12(11)2)23-10-18-21-17(22-24-18)8-13-6-7-14(19)9-15(13)20/h3-7,9H,8,10H2,1-2H3. The number of aryl methyl sites for hydroxylation is 1. The second-order valence-corrected chi connectivity index (χ2v) is 6.35. The second kappa shape index (κ2) is 7.24. The summed E-state index contributed by atoms with van der Waals surface area (Å²) in [6.45, 7) is 4.29. The van der Waals surface area contributed by atoms with Crippen LogP contribution in [0, 0.1) is 13.8 Å². The van der Waals surface area contributed by atoms with Crippen molar-refractivity contribution >= 4 is 23.2 Å². The summed E-state index contributed by atoms with van der Waals surface area (Å²) in [6.07, 6.45) is 0.475. The third-order valence-corrected chi connectivity index (χ3v) is 4.37. The molecule has 0 radical (unpaired) electrons. The number of aromatic nitrogens is 2. The van der Waals surface area contributed by atoms with E-state index >= 15 is 0 Å². The Morgan fingerprint density at radius 1 is 1.12 bits per heavy atom. The minimum atomic E-state index is 0.228. The van der Waals surface area contributed by atoms with Crippen LogP contribution in [0.25, 0.3) is 0 Å². The molecule has 0 fully saturated rings. The van der Waals surface area contributed by atoms with Gasteiger partial charge < -0.3 is 9.26 Å². The molecular formula is C18H16Cl2N2O2. The van der Waals surface area contributed by atoms with Crippen LogP contribution in [-0.4, -0.2) is 10.1 Å². The van der Waals surface area contributed by atoms with Gasteiger partial charge in [0.05, 0.1) is 0 Å². The first-order valence-electron chi connectivity index (χ1n) is 7.47. The quantitative estimate of drug-likeness (QED) is 0.628. The van der Waals surface area contributed by atoms with Crippen LogP contribution in [0.15, 0.2) is 40.9 Å². The van der Waals surface area contributed by atoms with Gasteiger partial charge in [-0.1, -0.05) is 46.6 Å². The highest BCUT2D eigenvalue weighted by Crippen LogP contribution is 2.23. The van der Waals surface area contributed by atoms with Crippen LogP contribution < -0.4 is 4.74 Å². The van der Waals surface area contributed by atoms with Crippen LogP contribution in [0.5, 0.6) is 5.75 Å². The van der Waals surface area contributed by atoms with E-state index in [9.17, 15) is 0 Å². The fraction of sp³-hybridized carbons (Fsp3) is 0.222. The first-order chi connectivity index (χ1) is 11.5. The Hall–Kier alpha value is -2.04. The second-order valence-electron chi connectivity index (χ2n) is 5.50. The summed E-state index contributed by atoms with van der Waals surface area (Å²) in [5.41, 5.74) is 3.17. The Balaban J connectivity index is 1.66. The van der Waals surface area contributed by atoms with Crippen molar-refractivity contribution in [3.8, 4) is 5.75 Å². The molecule has 0 aliphatic carbocycles. The van der Waals surface area contributed by atoms with Crippen LogP contribution in [0.3, 0.4) is 0 Å². The van der Waals surface area contributed by atoms with E-state index in [1.165, 1.54) is 5.56 Å². The molecule has 0 atom stereocenters. The van der Waals surface area contributed by atoms with E-state index in [-0.39, 0.29) is 6.61 Å². The van der Waals surface area contributed by atoms with E-state index in [4.69, 9.17) is 32.5 Å². The molecule has 1 heterocycles.